The number of fused-ring (bicyclic) bond motifs is 1. The summed E-state index contributed by atoms with van der Waals surface area (Å²) in [5.74, 6) is -0.604. The van der Waals surface area contributed by atoms with E-state index < -0.39 is 21.8 Å². The topological polar surface area (TPSA) is 121 Å². The molecule has 11 heteroatoms. The van der Waals surface area contributed by atoms with E-state index in [-0.39, 0.29) is 22.7 Å². The van der Waals surface area contributed by atoms with Gasteiger partial charge in [-0.05, 0) is 31.0 Å². The first kappa shape index (κ1) is 24.0. The number of carbonyl (C=O) groups excluding carboxylic acids is 1. The summed E-state index contributed by atoms with van der Waals surface area (Å²) in [6.07, 6.45) is 8.04. The number of nitrogens with zero attached hydrogens (tertiary/aromatic N) is 4. The Hall–Kier alpha value is -3.70. The molecule has 186 valence electrons. The highest BCUT2D eigenvalue weighted by Crippen LogP contribution is 2.28. The number of hydrogen-bond donors (Lipinski definition) is 2. The van der Waals surface area contributed by atoms with Crippen molar-refractivity contribution in [1.82, 2.24) is 24.2 Å². The third-order valence-electron chi connectivity index (χ3n) is 6.18. The lowest BCUT2D eigenvalue weighted by Gasteiger charge is -2.17. The average molecular weight is 509 g/mol. The second-order valence-corrected chi connectivity index (χ2v) is 10.7. The molecule has 2 N–H and O–H groups in total. The van der Waals surface area contributed by atoms with Gasteiger partial charge in [-0.15, -0.1) is 0 Å². The summed E-state index contributed by atoms with van der Waals surface area (Å²) in [5.41, 5.74) is 1.61. The Morgan fingerprint density at radius 3 is 2.44 bits per heavy atom. The number of pyridine rings is 1. The SMILES string of the molecule is CC(C)c1ncc(-c2cnc3[nH]cc(C(=O)c4cccc(NS(=O)(=O)N5CCCC5)c4F)c3c2)cn1. The molecule has 0 atom stereocenters. The minimum absolute atomic E-state index is 0.194. The van der Waals surface area contributed by atoms with Gasteiger partial charge in [-0.3, -0.25) is 9.52 Å². The monoisotopic (exact) mass is 508 g/mol. The molecule has 0 radical (unpaired) electrons. The normalized spacial score (nSPS) is 14.6. The molecule has 1 fully saturated rings. The fraction of sp³-hybridized carbons (Fsp3) is 0.280. The van der Waals surface area contributed by atoms with Gasteiger partial charge < -0.3 is 4.98 Å². The Balaban J connectivity index is 1.48. The van der Waals surface area contributed by atoms with Gasteiger partial charge in [0.2, 0.25) is 0 Å². The van der Waals surface area contributed by atoms with Crippen molar-refractivity contribution in [3.8, 4) is 11.1 Å². The second-order valence-electron chi connectivity index (χ2n) is 9.02. The van der Waals surface area contributed by atoms with Crippen molar-refractivity contribution in [2.45, 2.75) is 32.6 Å². The van der Waals surface area contributed by atoms with E-state index in [0.29, 0.717) is 29.7 Å². The number of carbonyl (C=O) groups is 1. The van der Waals surface area contributed by atoms with Crippen LogP contribution in [0.3, 0.4) is 0 Å². The molecule has 3 aromatic heterocycles. The molecule has 1 aliphatic heterocycles. The summed E-state index contributed by atoms with van der Waals surface area (Å²) in [6.45, 7) is 4.77. The number of anilines is 1. The van der Waals surface area contributed by atoms with E-state index in [1.807, 2.05) is 13.8 Å². The van der Waals surface area contributed by atoms with E-state index in [9.17, 15) is 13.2 Å². The van der Waals surface area contributed by atoms with Crippen molar-refractivity contribution in [2.75, 3.05) is 17.8 Å². The van der Waals surface area contributed by atoms with E-state index >= 15 is 4.39 Å². The maximum atomic E-state index is 15.4. The van der Waals surface area contributed by atoms with Crippen LogP contribution < -0.4 is 4.72 Å². The maximum Gasteiger partial charge on any atom is 0.301 e. The molecule has 0 unspecified atom stereocenters. The molecule has 36 heavy (non-hydrogen) atoms. The molecule has 4 heterocycles. The molecule has 0 aliphatic carbocycles. The first-order valence-electron chi connectivity index (χ1n) is 11.6. The third-order valence-corrected chi connectivity index (χ3v) is 7.71. The first-order chi connectivity index (χ1) is 17.2. The Kier molecular flexibility index (Phi) is 6.27. The van der Waals surface area contributed by atoms with Crippen LogP contribution in [-0.4, -0.2) is 51.5 Å². The van der Waals surface area contributed by atoms with E-state index in [1.165, 1.54) is 28.7 Å². The predicted molar refractivity (Wildman–Crippen MR) is 134 cm³/mol. The number of benzene rings is 1. The molecule has 0 amide bonds. The van der Waals surface area contributed by atoms with Crippen LogP contribution in [0.2, 0.25) is 0 Å². The van der Waals surface area contributed by atoms with Crippen molar-refractivity contribution in [2.24, 2.45) is 0 Å². The quantitative estimate of drug-likeness (QED) is 0.360. The zero-order valence-electron chi connectivity index (χ0n) is 19.8. The lowest BCUT2D eigenvalue weighted by Crippen LogP contribution is -2.33. The molecule has 4 aromatic rings. The van der Waals surface area contributed by atoms with E-state index in [4.69, 9.17) is 0 Å². The highest BCUT2D eigenvalue weighted by molar-refractivity contribution is 7.90. The summed E-state index contributed by atoms with van der Waals surface area (Å²) >= 11 is 0. The lowest BCUT2D eigenvalue weighted by molar-refractivity contribution is 0.103. The Morgan fingerprint density at radius 2 is 1.75 bits per heavy atom. The lowest BCUT2D eigenvalue weighted by atomic mass is 10.0. The number of hydrogen-bond acceptors (Lipinski definition) is 6. The zero-order chi connectivity index (χ0) is 25.4. The number of aromatic amines is 1. The second kappa shape index (κ2) is 9.40. The number of halogens is 1. The molecule has 9 nitrogen and oxygen atoms in total. The molecular formula is C25H25FN6O3S. The summed E-state index contributed by atoms with van der Waals surface area (Å²) in [5, 5.41) is 0.507. The fourth-order valence-electron chi connectivity index (χ4n) is 4.20. The summed E-state index contributed by atoms with van der Waals surface area (Å²) in [7, 11) is -3.91. The molecule has 0 saturated carbocycles. The zero-order valence-corrected chi connectivity index (χ0v) is 20.6. The van der Waals surface area contributed by atoms with Gasteiger partial charge in [-0.25, -0.2) is 19.3 Å². The van der Waals surface area contributed by atoms with E-state index in [0.717, 1.165) is 24.2 Å². The van der Waals surface area contributed by atoms with Gasteiger partial charge in [0.15, 0.2) is 11.6 Å². The van der Waals surface area contributed by atoms with Gasteiger partial charge >= 0.3 is 10.2 Å². The van der Waals surface area contributed by atoms with Crippen LogP contribution in [0.15, 0.2) is 49.1 Å². The van der Waals surface area contributed by atoms with Crippen LogP contribution in [0.1, 0.15) is 54.4 Å². The number of H-pyrrole nitrogens is 1. The first-order valence-corrected chi connectivity index (χ1v) is 13.1. The Labute approximate surface area is 208 Å². The average Bonchev–Trinajstić information content (AvgIpc) is 3.55. The minimum atomic E-state index is -3.91. The predicted octanol–water partition coefficient (Wildman–Crippen LogP) is 4.27. The van der Waals surface area contributed by atoms with Crippen LogP contribution in [0.25, 0.3) is 22.2 Å². The van der Waals surface area contributed by atoms with Gasteiger partial charge in [0.1, 0.15) is 11.5 Å². The van der Waals surface area contributed by atoms with Crippen molar-refractivity contribution >= 4 is 32.7 Å². The number of aromatic nitrogens is 4. The Morgan fingerprint density at radius 1 is 1.06 bits per heavy atom. The minimum Gasteiger partial charge on any atom is -0.345 e. The van der Waals surface area contributed by atoms with Crippen molar-refractivity contribution in [1.29, 1.82) is 0 Å². The summed E-state index contributed by atoms with van der Waals surface area (Å²) in [4.78, 5) is 29.5. The van der Waals surface area contributed by atoms with Crippen molar-refractivity contribution < 1.29 is 17.6 Å². The smallest absolute Gasteiger partial charge is 0.301 e. The number of rotatable bonds is 7. The molecule has 1 aromatic carbocycles. The molecule has 1 saturated heterocycles. The standard InChI is InChI=1S/C25H25FN6O3S/c1-15(2)24-27-12-17(13-28-24)16-10-19-20(14-30-25(19)29-11-16)23(33)18-6-5-7-21(22(18)26)31-36(34,35)32-8-3-4-9-32/h5-7,10-15,31H,3-4,8-9H2,1-2H3,(H,29,30). The van der Waals surface area contributed by atoms with Crippen molar-refractivity contribution in [3.63, 3.8) is 0 Å². The number of nitrogens with one attached hydrogen (secondary N) is 2. The summed E-state index contributed by atoms with van der Waals surface area (Å²) < 4.78 is 44.1. The highest BCUT2D eigenvalue weighted by atomic mass is 32.2. The molecule has 5 rings (SSSR count). The molecular weight excluding hydrogens is 483 g/mol. The van der Waals surface area contributed by atoms with Crippen LogP contribution in [-0.2, 0) is 10.2 Å². The largest absolute Gasteiger partial charge is 0.345 e. The van der Waals surface area contributed by atoms with Gasteiger partial charge in [0.25, 0.3) is 0 Å². The van der Waals surface area contributed by atoms with Gasteiger partial charge in [0.05, 0.1) is 11.3 Å². The van der Waals surface area contributed by atoms with Gasteiger partial charge in [-0.2, -0.15) is 12.7 Å². The highest BCUT2D eigenvalue weighted by Gasteiger charge is 2.27. The van der Waals surface area contributed by atoms with Gasteiger partial charge in [-0.1, -0.05) is 19.9 Å². The van der Waals surface area contributed by atoms with Crippen LogP contribution >= 0.6 is 0 Å². The van der Waals surface area contributed by atoms with Crippen LogP contribution in [0, 0.1) is 5.82 Å². The van der Waals surface area contributed by atoms with Crippen molar-refractivity contribution in [3.05, 3.63) is 71.8 Å². The van der Waals surface area contributed by atoms with E-state index in [2.05, 4.69) is 24.7 Å². The summed E-state index contributed by atoms with van der Waals surface area (Å²) in [6, 6.07) is 5.86. The molecule has 1 aliphatic rings. The fourth-order valence-corrected chi connectivity index (χ4v) is 5.50. The van der Waals surface area contributed by atoms with Gasteiger partial charge in [0, 0.05) is 65.9 Å². The third kappa shape index (κ3) is 4.47. The Bertz CT molecular complexity index is 1540. The van der Waals surface area contributed by atoms with Crippen LogP contribution in [0.5, 0.6) is 0 Å². The molecule has 0 bridgehead atoms. The number of ketones is 1. The maximum absolute atomic E-state index is 15.4. The van der Waals surface area contributed by atoms with Crippen LogP contribution in [0.4, 0.5) is 10.1 Å². The molecule has 0 spiro atoms. The van der Waals surface area contributed by atoms with E-state index in [1.54, 1.807) is 24.7 Å².